The van der Waals surface area contributed by atoms with Gasteiger partial charge in [0.2, 0.25) is 0 Å². The van der Waals surface area contributed by atoms with Crippen molar-refractivity contribution in [3.63, 3.8) is 0 Å². The lowest BCUT2D eigenvalue weighted by molar-refractivity contribution is -0.112. The molecule has 2 aromatic rings. The van der Waals surface area contributed by atoms with Crippen LogP contribution in [0.4, 0.5) is 11.4 Å². The lowest BCUT2D eigenvalue weighted by Crippen LogP contribution is -2.42. The molecule has 0 radical (unpaired) electrons. The van der Waals surface area contributed by atoms with Crippen LogP contribution in [0.2, 0.25) is 0 Å². The maximum atomic E-state index is 12.7. The SMILES string of the molecule is CCc1ccc(NC(=O)/C(C#N)=C\c2cc3c(cc2C)N(C)C(C)(C)C=C3C)cc1. The number of anilines is 2. The Kier molecular flexibility index (Phi) is 5.85. The number of fused-ring (bicyclic) bond motifs is 1. The van der Waals surface area contributed by atoms with E-state index in [0.717, 1.165) is 28.8 Å². The van der Waals surface area contributed by atoms with Gasteiger partial charge >= 0.3 is 0 Å². The number of allylic oxidation sites excluding steroid dienone is 1. The molecule has 4 nitrogen and oxygen atoms in total. The molecule has 154 valence electrons. The largest absolute Gasteiger partial charge is 0.365 e. The summed E-state index contributed by atoms with van der Waals surface area (Å²) in [6.07, 6.45) is 4.86. The van der Waals surface area contributed by atoms with Gasteiger partial charge in [0, 0.05) is 24.0 Å². The van der Waals surface area contributed by atoms with Crippen LogP contribution in [0.3, 0.4) is 0 Å². The second-order valence-electron chi connectivity index (χ2n) is 8.44. The molecule has 0 aliphatic carbocycles. The van der Waals surface area contributed by atoms with Crippen molar-refractivity contribution in [2.24, 2.45) is 0 Å². The average Bonchev–Trinajstić information content (AvgIpc) is 2.71. The van der Waals surface area contributed by atoms with Gasteiger partial charge in [0.15, 0.2) is 0 Å². The Bertz CT molecular complexity index is 1080. The Balaban J connectivity index is 1.93. The minimum Gasteiger partial charge on any atom is -0.365 e. The van der Waals surface area contributed by atoms with E-state index in [1.165, 1.54) is 11.1 Å². The molecule has 1 aliphatic heterocycles. The van der Waals surface area contributed by atoms with E-state index in [4.69, 9.17) is 0 Å². The fourth-order valence-corrected chi connectivity index (χ4v) is 3.80. The van der Waals surface area contributed by atoms with Crippen LogP contribution in [0.15, 0.2) is 48.0 Å². The zero-order valence-electron chi connectivity index (χ0n) is 18.6. The third-order valence-corrected chi connectivity index (χ3v) is 5.89. The van der Waals surface area contributed by atoms with Crippen LogP contribution in [0, 0.1) is 18.3 Å². The van der Waals surface area contributed by atoms with E-state index in [0.29, 0.717) is 5.69 Å². The van der Waals surface area contributed by atoms with Gasteiger partial charge < -0.3 is 10.2 Å². The number of likely N-dealkylation sites (N-methyl/N-ethyl adjacent to an activating group) is 1. The van der Waals surface area contributed by atoms with Crippen LogP contribution in [0.25, 0.3) is 11.6 Å². The van der Waals surface area contributed by atoms with Crippen LogP contribution < -0.4 is 10.2 Å². The monoisotopic (exact) mass is 399 g/mol. The smallest absolute Gasteiger partial charge is 0.266 e. The molecule has 3 rings (SSSR count). The summed E-state index contributed by atoms with van der Waals surface area (Å²) in [5.74, 6) is -0.399. The molecule has 0 fully saturated rings. The summed E-state index contributed by atoms with van der Waals surface area (Å²) in [6, 6.07) is 13.9. The molecule has 0 bridgehead atoms. The Morgan fingerprint density at radius 3 is 2.47 bits per heavy atom. The van der Waals surface area contributed by atoms with E-state index in [9.17, 15) is 10.1 Å². The second-order valence-corrected chi connectivity index (χ2v) is 8.44. The molecule has 0 spiro atoms. The van der Waals surface area contributed by atoms with E-state index in [2.05, 4.69) is 69.2 Å². The normalized spacial score (nSPS) is 15.2. The van der Waals surface area contributed by atoms with Crippen molar-refractivity contribution < 1.29 is 4.79 Å². The molecular formula is C26H29N3O. The maximum Gasteiger partial charge on any atom is 0.266 e. The number of carbonyl (C=O) groups is 1. The van der Waals surface area contributed by atoms with Gasteiger partial charge in [-0.1, -0.05) is 25.1 Å². The highest BCUT2D eigenvalue weighted by Gasteiger charge is 2.28. The molecule has 2 aromatic carbocycles. The second kappa shape index (κ2) is 8.20. The first kappa shape index (κ1) is 21.4. The van der Waals surface area contributed by atoms with Gasteiger partial charge in [0.05, 0.1) is 5.54 Å². The van der Waals surface area contributed by atoms with Gasteiger partial charge in [-0.05, 0) is 86.7 Å². The fourth-order valence-electron chi connectivity index (χ4n) is 3.80. The topological polar surface area (TPSA) is 56.1 Å². The minimum absolute atomic E-state index is 0.0636. The van der Waals surface area contributed by atoms with Crippen LogP contribution >= 0.6 is 0 Å². The van der Waals surface area contributed by atoms with Crippen molar-refractivity contribution in [2.75, 3.05) is 17.3 Å². The predicted molar refractivity (Wildman–Crippen MR) is 125 cm³/mol. The number of hydrogen-bond acceptors (Lipinski definition) is 3. The highest BCUT2D eigenvalue weighted by atomic mass is 16.1. The minimum atomic E-state index is -0.399. The Hall–Kier alpha value is -3.32. The third-order valence-electron chi connectivity index (χ3n) is 5.89. The van der Waals surface area contributed by atoms with Crippen molar-refractivity contribution in [3.05, 3.63) is 70.3 Å². The lowest BCUT2D eigenvalue weighted by Gasteiger charge is -2.41. The summed E-state index contributed by atoms with van der Waals surface area (Å²) in [5.41, 5.74) is 7.29. The van der Waals surface area contributed by atoms with Crippen molar-refractivity contribution in [1.82, 2.24) is 0 Å². The Morgan fingerprint density at radius 1 is 1.20 bits per heavy atom. The average molecular weight is 400 g/mol. The molecule has 30 heavy (non-hydrogen) atoms. The van der Waals surface area contributed by atoms with Crippen molar-refractivity contribution >= 4 is 28.9 Å². The standard InChI is InChI=1S/C26H29N3O/c1-7-19-8-10-22(11-9-19)28-25(30)21(16-27)13-20-14-23-18(3)15-26(4,5)29(6)24(23)12-17(20)2/h8-15H,7H2,1-6H3,(H,28,30)/b21-13-. The molecule has 1 aliphatic rings. The molecule has 4 heteroatoms. The van der Waals surface area contributed by atoms with Crippen LogP contribution in [-0.2, 0) is 11.2 Å². The van der Waals surface area contributed by atoms with Crippen LogP contribution in [-0.4, -0.2) is 18.5 Å². The summed E-state index contributed by atoms with van der Waals surface area (Å²) in [6.45, 7) is 10.6. The molecule has 0 saturated carbocycles. The molecular weight excluding hydrogens is 370 g/mol. The quantitative estimate of drug-likeness (QED) is 0.527. The first-order chi connectivity index (χ1) is 14.2. The van der Waals surface area contributed by atoms with Gasteiger partial charge in [-0.25, -0.2) is 0 Å². The Labute approximate surface area is 179 Å². The molecule has 0 saturated heterocycles. The Morgan fingerprint density at radius 2 is 1.87 bits per heavy atom. The number of carbonyl (C=O) groups excluding carboxylic acids is 1. The van der Waals surface area contributed by atoms with Gasteiger partial charge in [0.1, 0.15) is 11.6 Å². The molecule has 0 aromatic heterocycles. The summed E-state index contributed by atoms with van der Waals surface area (Å²) in [5, 5.41) is 12.4. The lowest BCUT2D eigenvalue weighted by atomic mass is 9.87. The van der Waals surface area contributed by atoms with E-state index in [1.807, 2.05) is 31.2 Å². The summed E-state index contributed by atoms with van der Waals surface area (Å²) >= 11 is 0. The number of amides is 1. The number of nitrogens with zero attached hydrogens (tertiary/aromatic N) is 2. The molecule has 0 unspecified atom stereocenters. The van der Waals surface area contributed by atoms with Crippen LogP contribution in [0.5, 0.6) is 0 Å². The van der Waals surface area contributed by atoms with Crippen molar-refractivity contribution in [2.45, 2.75) is 46.6 Å². The van der Waals surface area contributed by atoms with Gasteiger partial charge in [-0.2, -0.15) is 5.26 Å². The van der Waals surface area contributed by atoms with Crippen molar-refractivity contribution in [1.29, 1.82) is 5.26 Å². The predicted octanol–water partition coefficient (Wildman–Crippen LogP) is 5.73. The number of aryl methyl sites for hydroxylation is 2. The number of nitrogens with one attached hydrogen (secondary N) is 1. The van der Waals surface area contributed by atoms with Gasteiger partial charge in [-0.15, -0.1) is 0 Å². The summed E-state index contributed by atoms with van der Waals surface area (Å²) < 4.78 is 0. The molecule has 1 N–H and O–H groups in total. The number of hydrogen-bond donors (Lipinski definition) is 1. The fraction of sp³-hybridized carbons (Fsp3) is 0.308. The zero-order chi connectivity index (χ0) is 22.1. The van der Waals surface area contributed by atoms with Gasteiger partial charge in [-0.3, -0.25) is 4.79 Å². The first-order valence-electron chi connectivity index (χ1n) is 10.3. The number of nitriles is 1. The number of rotatable bonds is 4. The van der Waals surface area contributed by atoms with E-state index in [1.54, 1.807) is 6.08 Å². The zero-order valence-corrected chi connectivity index (χ0v) is 18.6. The summed E-state index contributed by atoms with van der Waals surface area (Å²) in [4.78, 5) is 14.9. The molecule has 1 amide bonds. The summed E-state index contributed by atoms with van der Waals surface area (Å²) in [7, 11) is 2.09. The van der Waals surface area contributed by atoms with Crippen molar-refractivity contribution in [3.8, 4) is 6.07 Å². The molecule has 0 atom stereocenters. The number of benzene rings is 2. The van der Waals surface area contributed by atoms with E-state index >= 15 is 0 Å². The van der Waals surface area contributed by atoms with E-state index in [-0.39, 0.29) is 11.1 Å². The highest BCUT2D eigenvalue weighted by Crippen LogP contribution is 2.39. The van der Waals surface area contributed by atoms with E-state index < -0.39 is 5.91 Å². The first-order valence-corrected chi connectivity index (χ1v) is 10.3. The third kappa shape index (κ3) is 4.16. The maximum absolute atomic E-state index is 12.7. The highest BCUT2D eigenvalue weighted by molar-refractivity contribution is 6.09. The molecule has 1 heterocycles. The van der Waals surface area contributed by atoms with Gasteiger partial charge in [0.25, 0.3) is 5.91 Å². The van der Waals surface area contributed by atoms with Crippen LogP contribution in [0.1, 0.15) is 49.9 Å².